The number of pyridine rings is 1. The highest BCUT2D eigenvalue weighted by Gasteiger charge is 2.16. The summed E-state index contributed by atoms with van der Waals surface area (Å²) < 4.78 is 7.38. The van der Waals surface area contributed by atoms with Crippen LogP contribution >= 0.6 is 0 Å². The van der Waals surface area contributed by atoms with E-state index in [0.717, 1.165) is 48.9 Å². The number of rotatable bonds is 5. The largest absolute Gasteiger partial charge is 0.387 e. The van der Waals surface area contributed by atoms with E-state index < -0.39 is 6.10 Å². The molecule has 3 heterocycles. The Bertz CT molecular complexity index is 827. The first-order valence-electron chi connectivity index (χ1n) is 8.83. The molecule has 0 radical (unpaired) electrons. The molecular weight excluding hydrogens is 328 g/mol. The van der Waals surface area contributed by atoms with Crippen LogP contribution in [0.2, 0.25) is 0 Å². The van der Waals surface area contributed by atoms with Crippen molar-refractivity contribution in [2.45, 2.75) is 6.10 Å². The van der Waals surface area contributed by atoms with Crippen molar-refractivity contribution in [3.8, 4) is 17.1 Å². The van der Waals surface area contributed by atoms with Gasteiger partial charge in [0.05, 0.1) is 19.3 Å². The average Bonchev–Trinajstić information content (AvgIpc) is 3.19. The number of nitrogens with zero attached hydrogens (tertiary/aromatic N) is 4. The van der Waals surface area contributed by atoms with Gasteiger partial charge in [-0.25, -0.2) is 4.98 Å². The molecule has 0 unspecified atom stereocenters. The second-order valence-corrected chi connectivity index (χ2v) is 6.38. The molecule has 26 heavy (non-hydrogen) atoms. The van der Waals surface area contributed by atoms with Gasteiger partial charge >= 0.3 is 0 Å². The van der Waals surface area contributed by atoms with Gasteiger partial charge in [0.1, 0.15) is 5.82 Å². The van der Waals surface area contributed by atoms with Crippen LogP contribution in [-0.2, 0) is 4.74 Å². The third kappa shape index (κ3) is 3.67. The molecule has 0 amide bonds. The lowest BCUT2D eigenvalue weighted by molar-refractivity contribution is 0.0143. The number of aliphatic hydroxyl groups excluding tert-OH is 1. The number of β-amino-alcohol motifs (C(OH)–C–C–N with tert-alkyl or cyclic N) is 1. The van der Waals surface area contributed by atoms with Gasteiger partial charge in [-0.2, -0.15) is 0 Å². The van der Waals surface area contributed by atoms with Crippen LogP contribution in [0.3, 0.4) is 0 Å². The first-order chi connectivity index (χ1) is 12.8. The average molecular weight is 350 g/mol. The summed E-state index contributed by atoms with van der Waals surface area (Å²) in [6, 6.07) is 11.9. The van der Waals surface area contributed by atoms with E-state index in [-0.39, 0.29) is 0 Å². The highest BCUT2D eigenvalue weighted by molar-refractivity contribution is 5.57. The van der Waals surface area contributed by atoms with E-state index in [2.05, 4.69) is 14.9 Å². The minimum Gasteiger partial charge on any atom is -0.387 e. The van der Waals surface area contributed by atoms with Crippen molar-refractivity contribution < 1.29 is 9.84 Å². The molecule has 1 aliphatic rings. The van der Waals surface area contributed by atoms with Gasteiger partial charge in [0.25, 0.3) is 0 Å². The Morgan fingerprint density at radius 1 is 1.08 bits per heavy atom. The first-order valence-corrected chi connectivity index (χ1v) is 8.83. The van der Waals surface area contributed by atoms with Crippen LogP contribution in [0.4, 0.5) is 0 Å². The minimum atomic E-state index is -0.497. The van der Waals surface area contributed by atoms with Crippen LogP contribution in [0.15, 0.2) is 61.2 Å². The molecule has 0 spiro atoms. The fraction of sp³-hybridized carbons (Fsp3) is 0.300. The molecule has 1 N–H and O–H groups in total. The topological polar surface area (TPSA) is 63.4 Å². The van der Waals surface area contributed by atoms with Crippen LogP contribution in [0.5, 0.6) is 0 Å². The minimum absolute atomic E-state index is 0.497. The summed E-state index contributed by atoms with van der Waals surface area (Å²) in [5.74, 6) is 0.847. The molecule has 2 aromatic heterocycles. The van der Waals surface area contributed by atoms with Crippen LogP contribution in [0.25, 0.3) is 17.1 Å². The van der Waals surface area contributed by atoms with Crippen molar-refractivity contribution in [2.75, 3.05) is 32.8 Å². The highest BCUT2D eigenvalue weighted by atomic mass is 16.5. The van der Waals surface area contributed by atoms with E-state index >= 15 is 0 Å². The molecule has 3 aromatic rings. The van der Waals surface area contributed by atoms with Gasteiger partial charge < -0.3 is 9.84 Å². The number of aliphatic hydroxyl groups is 1. The van der Waals surface area contributed by atoms with Crippen LogP contribution < -0.4 is 0 Å². The lowest BCUT2D eigenvalue weighted by Crippen LogP contribution is -2.38. The van der Waals surface area contributed by atoms with Gasteiger partial charge in [0, 0.05) is 55.7 Å². The monoisotopic (exact) mass is 350 g/mol. The molecule has 1 aliphatic heterocycles. The van der Waals surface area contributed by atoms with Crippen molar-refractivity contribution in [3.63, 3.8) is 0 Å². The van der Waals surface area contributed by atoms with Crippen molar-refractivity contribution >= 4 is 0 Å². The Kier molecular flexibility index (Phi) is 5.06. The van der Waals surface area contributed by atoms with Crippen LogP contribution in [0.1, 0.15) is 11.7 Å². The second-order valence-electron chi connectivity index (χ2n) is 6.38. The zero-order valence-corrected chi connectivity index (χ0v) is 14.5. The first kappa shape index (κ1) is 16.9. The number of ether oxygens (including phenoxy) is 1. The number of morpholine rings is 1. The molecule has 0 bridgehead atoms. The van der Waals surface area contributed by atoms with E-state index in [4.69, 9.17) is 4.74 Å². The number of hydrogen-bond donors (Lipinski definition) is 1. The van der Waals surface area contributed by atoms with Crippen molar-refractivity contribution in [1.29, 1.82) is 0 Å². The fourth-order valence-corrected chi connectivity index (χ4v) is 3.21. The standard InChI is InChI=1S/C20H22N4O2/c25-19(15-23-10-12-26-13-11-23)16-3-5-18(6-4-16)24-9-8-22-20(24)17-2-1-7-21-14-17/h1-9,14,19,25H,10-13,15H2/t19-/m1/s1. The molecule has 134 valence electrons. The van der Waals surface area contributed by atoms with Crippen LogP contribution in [0, 0.1) is 0 Å². The van der Waals surface area contributed by atoms with Gasteiger partial charge in [-0.05, 0) is 29.8 Å². The molecule has 6 nitrogen and oxygen atoms in total. The molecule has 1 atom stereocenters. The zero-order valence-electron chi connectivity index (χ0n) is 14.5. The van der Waals surface area contributed by atoms with Gasteiger partial charge in [-0.15, -0.1) is 0 Å². The molecule has 1 fully saturated rings. The van der Waals surface area contributed by atoms with Crippen molar-refractivity contribution in [3.05, 3.63) is 66.7 Å². The smallest absolute Gasteiger partial charge is 0.146 e. The maximum atomic E-state index is 10.5. The third-order valence-corrected chi connectivity index (χ3v) is 4.65. The Hall–Kier alpha value is -2.54. The SMILES string of the molecule is O[C@H](CN1CCOCC1)c1ccc(-n2ccnc2-c2cccnc2)cc1. The predicted molar refractivity (Wildman–Crippen MR) is 99.0 cm³/mol. The number of benzene rings is 1. The van der Waals surface area contributed by atoms with E-state index in [1.807, 2.05) is 47.2 Å². The Morgan fingerprint density at radius 2 is 1.88 bits per heavy atom. The number of aromatic nitrogens is 3. The maximum Gasteiger partial charge on any atom is 0.146 e. The van der Waals surface area contributed by atoms with E-state index in [1.165, 1.54) is 0 Å². The third-order valence-electron chi connectivity index (χ3n) is 4.65. The Balaban J connectivity index is 1.51. The summed E-state index contributed by atoms with van der Waals surface area (Å²) >= 11 is 0. The van der Waals surface area contributed by atoms with Gasteiger partial charge in [-0.1, -0.05) is 12.1 Å². The van der Waals surface area contributed by atoms with E-state index in [0.29, 0.717) is 6.54 Å². The second kappa shape index (κ2) is 7.78. The summed E-state index contributed by atoms with van der Waals surface area (Å²) in [6.45, 7) is 3.86. The molecule has 0 saturated carbocycles. The number of hydrogen-bond acceptors (Lipinski definition) is 5. The molecule has 1 saturated heterocycles. The van der Waals surface area contributed by atoms with E-state index in [9.17, 15) is 5.11 Å². The van der Waals surface area contributed by atoms with Gasteiger partial charge in [-0.3, -0.25) is 14.5 Å². The molecule has 1 aromatic carbocycles. The van der Waals surface area contributed by atoms with Crippen molar-refractivity contribution in [1.82, 2.24) is 19.4 Å². The molecule has 0 aliphatic carbocycles. The lowest BCUT2D eigenvalue weighted by atomic mass is 10.1. The lowest BCUT2D eigenvalue weighted by Gasteiger charge is -2.28. The Labute approximate surface area is 152 Å². The summed E-state index contributed by atoms with van der Waals surface area (Å²) in [5, 5.41) is 10.5. The van der Waals surface area contributed by atoms with Crippen molar-refractivity contribution in [2.24, 2.45) is 0 Å². The maximum absolute atomic E-state index is 10.5. The van der Waals surface area contributed by atoms with Gasteiger partial charge in [0.15, 0.2) is 0 Å². The zero-order chi connectivity index (χ0) is 17.8. The summed E-state index contributed by atoms with van der Waals surface area (Å²) in [5.41, 5.74) is 2.89. The van der Waals surface area contributed by atoms with Gasteiger partial charge in [0.2, 0.25) is 0 Å². The Morgan fingerprint density at radius 3 is 2.62 bits per heavy atom. The fourth-order valence-electron chi connectivity index (χ4n) is 3.21. The predicted octanol–water partition coefficient (Wildman–Crippen LogP) is 2.30. The summed E-state index contributed by atoms with van der Waals surface area (Å²) in [4.78, 5) is 10.9. The normalized spacial score (nSPS) is 16.5. The summed E-state index contributed by atoms with van der Waals surface area (Å²) in [6.07, 6.45) is 6.77. The molecule has 6 heteroatoms. The van der Waals surface area contributed by atoms with Crippen LogP contribution in [-0.4, -0.2) is 57.4 Å². The highest BCUT2D eigenvalue weighted by Crippen LogP contribution is 2.22. The number of imidazole rings is 1. The van der Waals surface area contributed by atoms with E-state index in [1.54, 1.807) is 18.6 Å². The summed E-state index contributed by atoms with van der Waals surface area (Å²) in [7, 11) is 0. The molecule has 4 rings (SSSR count). The quantitative estimate of drug-likeness (QED) is 0.765. The molecular formula is C20H22N4O2.